The molecule has 4 saturated carbocycles. The van der Waals surface area contributed by atoms with Gasteiger partial charge in [0.05, 0.1) is 30.4 Å². The molecule has 3 unspecified atom stereocenters. The van der Waals surface area contributed by atoms with Gasteiger partial charge in [-0.2, -0.15) is 0 Å². The van der Waals surface area contributed by atoms with E-state index in [1.807, 2.05) is 34.7 Å². The van der Waals surface area contributed by atoms with Crippen LogP contribution < -0.4 is 19.5 Å². The largest absolute Gasteiger partial charge is 0.493 e. The quantitative estimate of drug-likeness (QED) is 0.168. The molecule has 8 rings (SSSR count). The number of fused-ring (bicyclic) bond motifs is 1. The summed E-state index contributed by atoms with van der Waals surface area (Å²) in [6.07, 6.45) is 6.84. The Kier molecular flexibility index (Phi) is 9.88. The molecule has 266 valence electrons. The van der Waals surface area contributed by atoms with Crippen molar-refractivity contribution in [2.75, 3.05) is 33.9 Å². The minimum atomic E-state index is -1.24. The zero-order valence-corrected chi connectivity index (χ0v) is 30.4. The summed E-state index contributed by atoms with van der Waals surface area (Å²) in [4.78, 5) is 41.7. The van der Waals surface area contributed by atoms with Gasteiger partial charge >= 0.3 is 0 Å². The fourth-order valence-electron chi connectivity index (χ4n) is 9.47. The van der Waals surface area contributed by atoms with Crippen LogP contribution in [0.2, 0.25) is 0 Å². The Morgan fingerprint density at radius 2 is 1.76 bits per heavy atom. The van der Waals surface area contributed by atoms with E-state index in [4.69, 9.17) is 18.6 Å². The molecule has 4 fully saturated rings. The maximum atomic E-state index is 14.9. The van der Waals surface area contributed by atoms with E-state index < -0.39 is 24.2 Å². The van der Waals surface area contributed by atoms with Crippen LogP contribution in [0, 0.1) is 26.7 Å². The van der Waals surface area contributed by atoms with Crippen LogP contribution in [0.25, 0.3) is 11.0 Å². The van der Waals surface area contributed by atoms with Crippen LogP contribution in [0.3, 0.4) is 0 Å². The normalized spacial score (nSPS) is 28.2. The maximum absolute atomic E-state index is 14.9. The number of nitrogens with one attached hydrogen (secondary N) is 1. The molecule has 1 heterocycles. The standard InChI is InChI=1S/C38H43IN2O9/c1-47-29-5-3-4-25-14-32(50-34(25)29)37(46)41(20-38-16-21-8-22(17-38)10-23(9-21)18-38)28-13-26(36(45)40-6-7-42)15-30(33(28)44)49-35-27(39)11-24(19-43)12-31(35)48-2/h3-5,11-12,14-15,19,21-23,28,30,33,42,44H,6-10,13,16-18,20H2,1-2H3,(H,40,45). The molecule has 0 saturated heterocycles. The number of para-hydroxylation sites is 1. The molecule has 3 aromatic rings. The molecule has 50 heavy (non-hydrogen) atoms. The molecule has 0 spiro atoms. The molecule has 3 N–H and O–H groups in total. The van der Waals surface area contributed by atoms with Crippen molar-refractivity contribution in [1.82, 2.24) is 10.2 Å². The van der Waals surface area contributed by atoms with Crippen molar-refractivity contribution in [3.63, 3.8) is 0 Å². The predicted octanol–water partition coefficient (Wildman–Crippen LogP) is 5.14. The summed E-state index contributed by atoms with van der Waals surface area (Å²) in [6, 6.07) is 9.53. The van der Waals surface area contributed by atoms with Gasteiger partial charge < -0.3 is 39.1 Å². The second kappa shape index (κ2) is 14.2. The van der Waals surface area contributed by atoms with Crippen LogP contribution in [0.4, 0.5) is 0 Å². The van der Waals surface area contributed by atoms with Gasteiger partial charge in [0, 0.05) is 36.0 Å². The summed E-state index contributed by atoms with van der Waals surface area (Å²) >= 11 is 2.04. The number of methoxy groups -OCH3 is 2. The molecule has 11 nitrogen and oxygen atoms in total. The van der Waals surface area contributed by atoms with Crippen molar-refractivity contribution >= 4 is 51.7 Å². The molecule has 12 heteroatoms. The maximum Gasteiger partial charge on any atom is 0.289 e. The molecular formula is C38H43IN2O9. The Morgan fingerprint density at radius 1 is 1.06 bits per heavy atom. The van der Waals surface area contributed by atoms with Gasteiger partial charge in [0.15, 0.2) is 28.6 Å². The van der Waals surface area contributed by atoms with E-state index in [1.54, 1.807) is 42.4 Å². The minimum absolute atomic E-state index is 0.0462. The van der Waals surface area contributed by atoms with Crippen molar-refractivity contribution in [1.29, 1.82) is 0 Å². The van der Waals surface area contributed by atoms with E-state index in [-0.39, 0.29) is 36.7 Å². The van der Waals surface area contributed by atoms with Crippen molar-refractivity contribution in [3.05, 3.63) is 62.9 Å². The van der Waals surface area contributed by atoms with Crippen LogP contribution in [-0.4, -0.2) is 85.4 Å². The molecule has 0 radical (unpaired) electrons. The van der Waals surface area contributed by atoms with E-state index >= 15 is 0 Å². The van der Waals surface area contributed by atoms with E-state index in [0.29, 0.717) is 68.1 Å². The fourth-order valence-corrected chi connectivity index (χ4v) is 10.2. The van der Waals surface area contributed by atoms with Gasteiger partial charge in [-0.1, -0.05) is 12.1 Å². The number of hydrogen-bond acceptors (Lipinski definition) is 9. The molecule has 1 aromatic heterocycles. The first-order valence-corrected chi connectivity index (χ1v) is 18.4. The third-order valence-electron chi connectivity index (χ3n) is 11.1. The number of furan rings is 1. The van der Waals surface area contributed by atoms with Gasteiger partial charge in [-0.05, 0) is 115 Å². The van der Waals surface area contributed by atoms with Crippen LogP contribution in [-0.2, 0) is 4.79 Å². The summed E-state index contributed by atoms with van der Waals surface area (Å²) < 4.78 is 24.3. The second-order valence-electron chi connectivity index (χ2n) is 14.5. The number of carbonyl (C=O) groups is 3. The molecule has 2 aromatic carbocycles. The van der Waals surface area contributed by atoms with Gasteiger partial charge in [0.25, 0.3) is 5.91 Å². The first-order chi connectivity index (χ1) is 24.1. The lowest BCUT2D eigenvalue weighted by Crippen LogP contribution is -2.59. The summed E-state index contributed by atoms with van der Waals surface area (Å²) in [7, 11) is 3.01. The number of aliphatic hydroxyl groups excluding tert-OH is 2. The number of amides is 2. The molecule has 5 aliphatic rings. The lowest BCUT2D eigenvalue weighted by Gasteiger charge is -2.58. The lowest BCUT2D eigenvalue weighted by atomic mass is 9.49. The molecule has 4 bridgehead atoms. The van der Waals surface area contributed by atoms with E-state index in [2.05, 4.69) is 5.32 Å². The van der Waals surface area contributed by atoms with E-state index in [0.717, 1.165) is 24.6 Å². The van der Waals surface area contributed by atoms with Crippen LogP contribution in [0.1, 0.15) is 65.9 Å². The average Bonchev–Trinajstić information content (AvgIpc) is 3.55. The van der Waals surface area contributed by atoms with Gasteiger partial charge in [-0.15, -0.1) is 0 Å². The highest BCUT2D eigenvalue weighted by atomic mass is 127. The number of nitrogens with zero attached hydrogens (tertiary/aromatic N) is 1. The Hall–Kier alpha value is -3.62. The minimum Gasteiger partial charge on any atom is -0.493 e. The van der Waals surface area contributed by atoms with Crippen LogP contribution in [0.15, 0.2) is 52.5 Å². The monoisotopic (exact) mass is 798 g/mol. The fraction of sp³-hybridized carbons (Fsp3) is 0.500. The molecule has 3 atom stereocenters. The number of halogens is 1. The second-order valence-corrected chi connectivity index (χ2v) is 15.7. The van der Waals surface area contributed by atoms with Gasteiger partial charge in [0.2, 0.25) is 5.91 Å². The molecular weight excluding hydrogens is 755 g/mol. The summed E-state index contributed by atoms with van der Waals surface area (Å²) in [5.41, 5.74) is 1.08. The van der Waals surface area contributed by atoms with Crippen molar-refractivity contribution in [2.45, 2.75) is 63.2 Å². The first-order valence-electron chi connectivity index (χ1n) is 17.3. The number of rotatable bonds is 12. The zero-order chi connectivity index (χ0) is 35.2. The number of aldehydes is 1. The Labute approximate surface area is 304 Å². The smallest absolute Gasteiger partial charge is 0.289 e. The Balaban J connectivity index is 1.29. The predicted molar refractivity (Wildman–Crippen MR) is 193 cm³/mol. The first kappa shape index (κ1) is 34.8. The summed E-state index contributed by atoms with van der Waals surface area (Å²) in [5, 5.41) is 25.1. The highest BCUT2D eigenvalue weighted by Gasteiger charge is 2.53. The number of benzene rings is 2. The van der Waals surface area contributed by atoms with Crippen LogP contribution in [0.5, 0.6) is 17.2 Å². The van der Waals surface area contributed by atoms with Gasteiger partial charge in [-0.3, -0.25) is 14.4 Å². The highest BCUT2D eigenvalue weighted by Crippen LogP contribution is 2.60. The Morgan fingerprint density at radius 3 is 2.40 bits per heavy atom. The highest BCUT2D eigenvalue weighted by molar-refractivity contribution is 14.1. The third-order valence-corrected chi connectivity index (χ3v) is 11.9. The number of carbonyl (C=O) groups excluding carboxylic acids is 3. The third kappa shape index (κ3) is 6.61. The van der Waals surface area contributed by atoms with Crippen LogP contribution >= 0.6 is 22.6 Å². The summed E-state index contributed by atoms with van der Waals surface area (Å²) in [6.45, 7) is 0.221. The zero-order valence-electron chi connectivity index (χ0n) is 28.2. The number of aliphatic hydroxyl groups is 2. The van der Waals surface area contributed by atoms with E-state index in [9.17, 15) is 24.6 Å². The van der Waals surface area contributed by atoms with Gasteiger partial charge in [-0.25, -0.2) is 0 Å². The number of ether oxygens (including phenoxy) is 3. The number of hydrogen-bond donors (Lipinski definition) is 3. The van der Waals surface area contributed by atoms with E-state index in [1.165, 1.54) is 26.4 Å². The topological polar surface area (TPSA) is 148 Å². The SMILES string of the molecule is COc1cc(C=O)cc(I)c1OC1C=C(C(=O)NCCO)CC(N(CC23CC4CC(CC(C4)C2)C3)C(=O)c2cc3cccc(OC)c3o2)C1O. The average molecular weight is 799 g/mol. The molecule has 0 aliphatic heterocycles. The van der Waals surface area contributed by atoms with Gasteiger partial charge in [0.1, 0.15) is 18.5 Å². The lowest BCUT2D eigenvalue weighted by molar-refractivity contribution is -0.118. The summed E-state index contributed by atoms with van der Waals surface area (Å²) in [5.74, 6) is 2.33. The Bertz CT molecular complexity index is 1780. The molecule has 5 aliphatic carbocycles. The van der Waals surface area contributed by atoms with Crippen molar-refractivity contribution in [2.24, 2.45) is 23.2 Å². The van der Waals surface area contributed by atoms with Crippen molar-refractivity contribution < 1.29 is 43.2 Å². The molecule has 2 amide bonds. The van der Waals surface area contributed by atoms with Crippen molar-refractivity contribution in [3.8, 4) is 17.2 Å².